The van der Waals surface area contributed by atoms with Crippen LogP contribution >= 0.6 is 0 Å². The van der Waals surface area contributed by atoms with Crippen LogP contribution in [0.2, 0.25) is 0 Å². The number of carboxylic acid groups (broad SMARTS) is 1. The Morgan fingerprint density at radius 1 is 1.31 bits per heavy atom. The molecule has 0 aliphatic heterocycles. The van der Waals surface area contributed by atoms with Crippen LogP contribution in [-0.2, 0) is 0 Å². The van der Waals surface area contributed by atoms with Gasteiger partial charge in [-0.3, -0.25) is 0 Å². The molecule has 0 fully saturated rings. The third-order valence-electron chi connectivity index (χ3n) is 2.17. The van der Waals surface area contributed by atoms with E-state index in [2.05, 4.69) is 5.10 Å². The number of rotatable bonds is 2. The molecule has 1 aromatic heterocycles. The maximum atomic E-state index is 10.6. The Hall–Kier alpha value is -2.30. The molecule has 1 aromatic carbocycles. The van der Waals surface area contributed by atoms with Gasteiger partial charge in [0, 0.05) is 11.8 Å². The summed E-state index contributed by atoms with van der Waals surface area (Å²) in [5.74, 6) is 0.751. The summed E-state index contributed by atoms with van der Waals surface area (Å²) in [5.41, 5.74) is 1.46. The maximum absolute atomic E-state index is 10.6. The van der Waals surface area contributed by atoms with Crippen molar-refractivity contribution in [2.75, 3.05) is 7.11 Å². The van der Waals surface area contributed by atoms with E-state index in [1.165, 1.54) is 6.20 Å². The van der Waals surface area contributed by atoms with E-state index in [1.807, 2.05) is 12.1 Å². The van der Waals surface area contributed by atoms with Gasteiger partial charge in [0.2, 0.25) is 0 Å². The van der Waals surface area contributed by atoms with Crippen LogP contribution in [-0.4, -0.2) is 28.1 Å². The van der Waals surface area contributed by atoms with Crippen molar-refractivity contribution in [2.45, 2.75) is 0 Å². The number of methoxy groups -OCH3 is 1. The van der Waals surface area contributed by atoms with Gasteiger partial charge >= 0.3 is 6.09 Å². The molecule has 2 rings (SSSR count). The Morgan fingerprint density at radius 3 is 2.50 bits per heavy atom. The van der Waals surface area contributed by atoms with Gasteiger partial charge < -0.3 is 9.84 Å². The fraction of sp³-hybridized carbons (Fsp3) is 0.0909. The van der Waals surface area contributed by atoms with Gasteiger partial charge in [-0.15, -0.1) is 0 Å². The van der Waals surface area contributed by atoms with E-state index in [9.17, 15) is 4.79 Å². The molecule has 16 heavy (non-hydrogen) atoms. The molecule has 0 aliphatic rings. The van der Waals surface area contributed by atoms with Crippen molar-refractivity contribution in [1.82, 2.24) is 9.78 Å². The number of benzene rings is 1. The lowest BCUT2D eigenvalue weighted by Gasteiger charge is -2.00. The fourth-order valence-electron chi connectivity index (χ4n) is 1.35. The van der Waals surface area contributed by atoms with Crippen LogP contribution in [0, 0.1) is 0 Å². The van der Waals surface area contributed by atoms with Gasteiger partial charge in [0.1, 0.15) is 5.75 Å². The van der Waals surface area contributed by atoms with Gasteiger partial charge in [0.25, 0.3) is 0 Å². The van der Waals surface area contributed by atoms with Crippen molar-refractivity contribution >= 4 is 6.09 Å². The highest BCUT2D eigenvalue weighted by molar-refractivity contribution is 5.69. The third-order valence-corrected chi connectivity index (χ3v) is 2.17. The van der Waals surface area contributed by atoms with Crippen LogP contribution in [0.1, 0.15) is 0 Å². The molecule has 1 heterocycles. The SMILES string of the molecule is COc1ccc(-c2ccn(C(=O)O)n2)cc1. The summed E-state index contributed by atoms with van der Waals surface area (Å²) in [6.07, 6.45) is 0.307. The van der Waals surface area contributed by atoms with Crippen LogP contribution in [0.3, 0.4) is 0 Å². The van der Waals surface area contributed by atoms with E-state index in [1.54, 1.807) is 25.3 Å². The second-order valence-electron chi connectivity index (χ2n) is 3.16. The van der Waals surface area contributed by atoms with Gasteiger partial charge in [-0.25, -0.2) is 4.79 Å². The number of aromatic nitrogens is 2. The smallest absolute Gasteiger partial charge is 0.432 e. The molecule has 0 aliphatic carbocycles. The van der Waals surface area contributed by atoms with Crippen molar-refractivity contribution < 1.29 is 14.6 Å². The zero-order valence-electron chi connectivity index (χ0n) is 8.62. The Bertz CT molecular complexity index is 502. The molecular weight excluding hydrogens is 208 g/mol. The molecule has 0 radical (unpaired) electrons. The van der Waals surface area contributed by atoms with Crippen molar-refractivity contribution in [2.24, 2.45) is 0 Å². The van der Waals surface area contributed by atoms with Crippen LogP contribution in [0.25, 0.3) is 11.3 Å². The summed E-state index contributed by atoms with van der Waals surface area (Å²) < 4.78 is 5.90. The van der Waals surface area contributed by atoms with Crippen LogP contribution in [0.5, 0.6) is 5.75 Å². The third kappa shape index (κ3) is 1.88. The minimum Gasteiger partial charge on any atom is -0.497 e. The summed E-state index contributed by atoms with van der Waals surface area (Å²) in [5, 5.41) is 12.6. The Kier molecular flexibility index (Phi) is 2.59. The number of carbonyl (C=O) groups is 1. The molecule has 0 spiro atoms. The quantitative estimate of drug-likeness (QED) is 0.838. The number of hydrogen-bond donors (Lipinski definition) is 1. The summed E-state index contributed by atoms with van der Waals surface area (Å²) in [6, 6.07) is 8.90. The summed E-state index contributed by atoms with van der Waals surface area (Å²) in [4.78, 5) is 10.6. The average Bonchev–Trinajstić information content (AvgIpc) is 2.78. The first-order chi connectivity index (χ1) is 7.70. The topological polar surface area (TPSA) is 64.3 Å². The lowest BCUT2D eigenvalue weighted by atomic mass is 10.1. The normalized spacial score (nSPS) is 10.1. The zero-order chi connectivity index (χ0) is 11.5. The first-order valence-corrected chi connectivity index (χ1v) is 4.64. The molecule has 82 valence electrons. The molecule has 1 N–H and O–H groups in total. The highest BCUT2D eigenvalue weighted by Gasteiger charge is 2.06. The predicted octanol–water partition coefficient (Wildman–Crippen LogP) is 2.08. The minimum absolute atomic E-state index is 0.616. The van der Waals surface area contributed by atoms with Gasteiger partial charge in [-0.05, 0) is 30.3 Å². The Morgan fingerprint density at radius 2 is 2.00 bits per heavy atom. The van der Waals surface area contributed by atoms with E-state index in [4.69, 9.17) is 9.84 Å². The molecule has 0 saturated heterocycles. The lowest BCUT2D eigenvalue weighted by Crippen LogP contribution is -2.07. The van der Waals surface area contributed by atoms with Gasteiger partial charge in [0.05, 0.1) is 12.8 Å². The monoisotopic (exact) mass is 218 g/mol. The van der Waals surface area contributed by atoms with E-state index in [-0.39, 0.29) is 0 Å². The molecule has 0 bridgehead atoms. The van der Waals surface area contributed by atoms with Crippen molar-refractivity contribution in [3.05, 3.63) is 36.5 Å². The van der Waals surface area contributed by atoms with E-state index in [0.29, 0.717) is 5.69 Å². The Labute approximate surface area is 91.9 Å². The number of nitrogens with zero attached hydrogens (tertiary/aromatic N) is 2. The standard InChI is InChI=1S/C11H10N2O3/c1-16-9-4-2-8(3-5-9)10-6-7-13(12-10)11(14)15/h2-7H,1H3,(H,14,15). The second kappa shape index (κ2) is 4.06. The summed E-state index contributed by atoms with van der Waals surface area (Å²) >= 11 is 0. The maximum Gasteiger partial charge on any atom is 0.432 e. The Balaban J connectivity index is 2.31. The van der Waals surface area contributed by atoms with E-state index in [0.717, 1.165) is 16.0 Å². The fourth-order valence-corrected chi connectivity index (χ4v) is 1.35. The first-order valence-electron chi connectivity index (χ1n) is 4.64. The van der Waals surface area contributed by atoms with Gasteiger partial charge in [-0.1, -0.05) is 0 Å². The second-order valence-corrected chi connectivity index (χ2v) is 3.16. The van der Waals surface area contributed by atoms with Crippen molar-refractivity contribution in [3.63, 3.8) is 0 Å². The minimum atomic E-state index is -1.10. The zero-order valence-corrected chi connectivity index (χ0v) is 8.62. The predicted molar refractivity (Wildman–Crippen MR) is 57.6 cm³/mol. The van der Waals surface area contributed by atoms with Crippen molar-refractivity contribution in [3.8, 4) is 17.0 Å². The van der Waals surface area contributed by atoms with Crippen LogP contribution in [0.15, 0.2) is 36.5 Å². The molecule has 0 unspecified atom stereocenters. The summed E-state index contributed by atoms with van der Waals surface area (Å²) in [7, 11) is 1.59. The van der Waals surface area contributed by atoms with E-state index >= 15 is 0 Å². The molecule has 2 aromatic rings. The highest BCUT2D eigenvalue weighted by Crippen LogP contribution is 2.20. The largest absolute Gasteiger partial charge is 0.497 e. The molecule has 5 heteroatoms. The number of hydrogen-bond acceptors (Lipinski definition) is 3. The van der Waals surface area contributed by atoms with Crippen LogP contribution < -0.4 is 4.74 Å². The van der Waals surface area contributed by atoms with Gasteiger partial charge in [-0.2, -0.15) is 9.78 Å². The van der Waals surface area contributed by atoms with Crippen LogP contribution in [0.4, 0.5) is 4.79 Å². The average molecular weight is 218 g/mol. The molecular formula is C11H10N2O3. The molecule has 5 nitrogen and oxygen atoms in total. The first kappa shape index (κ1) is 10.2. The molecule has 0 atom stereocenters. The number of ether oxygens (including phenoxy) is 1. The lowest BCUT2D eigenvalue weighted by molar-refractivity contribution is 0.192. The van der Waals surface area contributed by atoms with E-state index < -0.39 is 6.09 Å². The molecule has 0 saturated carbocycles. The molecule has 0 amide bonds. The van der Waals surface area contributed by atoms with Gasteiger partial charge in [0.15, 0.2) is 0 Å². The van der Waals surface area contributed by atoms with Crippen molar-refractivity contribution in [1.29, 1.82) is 0 Å². The summed E-state index contributed by atoms with van der Waals surface area (Å²) in [6.45, 7) is 0. The highest BCUT2D eigenvalue weighted by atomic mass is 16.5.